The van der Waals surface area contributed by atoms with E-state index in [1.54, 1.807) is 43.3 Å². The van der Waals surface area contributed by atoms with Crippen LogP contribution in [0.5, 0.6) is 0 Å². The third kappa shape index (κ3) is 3.77. The Bertz CT molecular complexity index is 983. The van der Waals surface area contributed by atoms with E-state index in [1.165, 1.54) is 18.2 Å². The van der Waals surface area contributed by atoms with Crippen molar-refractivity contribution in [2.24, 2.45) is 0 Å². The number of hydrogen-bond donors (Lipinski definition) is 0. The van der Waals surface area contributed by atoms with E-state index in [2.05, 4.69) is 15.9 Å². The SMILES string of the molecule is Cc1ccc(C(=O)/C=C/c2ccc(-c3ccc([N+](=O)[O-])cc3Br)o2)o1. The second-order valence-electron chi connectivity index (χ2n) is 5.23. The molecule has 126 valence electrons. The smallest absolute Gasteiger partial charge is 0.270 e. The number of aryl methyl sites for hydroxylation is 1. The van der Waals surface area contributed by atoms with E-state index < -0.39 is 4.92 Å². The van der Waals surface area contributed by atoms with Gasteiger partial charge in [-0.2, -0.15) is 0 Å². The second kappa shape index (κ2) is 6.90. The fraction of sp³-hybridized carbons (Fsp3) is 0.0556. The molecule has 3 aromatic rings. The number of halogens is 1. The quantitative estimate of drug-likeness (QED) is 0.246. The number of hydrogen-bond acceptors (Lipinski definition) is 5. The average molecular weight is 402 g/mol. The predicted octanol–water partition coefficient (Wildman–Crippen LogP) is 5.41. The standard InChI is InChI=1S/C18H12BrNO5/c1-11-2-8-18(24-11)16(21)7-4-13-5-9-17(25-13)14-6-3-12(20(22)23)10-15(14)19/h2-10H,1H3/b7-4+. The maximum absolute atomic E-state index is 12.0. The van der Waals surface area contributed by atoms with Crippen LogP contribution >= 0.6 is 15.9 Å². The average Bonchev–Trinajstić information content (AvgIpc) is 3.21. The van der Waals surface area contributed by atoms with Gasteiger partial charge in [0.25, 0.3) is 5.69 Å². The lowest BCUT2D eigenvalue weighted by molar-refractivity contribution is -0.384. The van der Waals surface area contributed by atoms with Gasteiger partial charge in [0, 0.05) is 22.2 Å². The molecule has 0 spiro atoms. The molecule has 0 bridgehead atoms. The number of carbonyl (C=O) groups excluding carboxylic acids is 1. The molecule has 2 heterocycles. The van der Waals surface area contributed by atoms with Crippen LogP contribution in [0, 0.1) is 17.0 Å². The largest absolute Gasteiger partial charge is 0.458 e. The minimum absolute atomic E-state index is 0.0124. The van der Waals surface area contributed by atoms with Gasteiger partial charge in [0.05, 0.1) is 4.92 Å². The van der Waals surface area contributed by atoms with Crippen LogP contribution in [-0.2, 0) is 0 Å². The van der Waals surface area contributed by atoms with Gasteiger partial charge in [-0.15, -0.1) is 0 Å². The van der Waals surface area contributed by atoms with Crippen LogP contribution in [0.4, 0.5) is 5.69 Å². The number of benzene rings is 1. The summed E-state index contributed by atoms with van der Waals surface area (Å²) in [7, 11) is 0. The van der Waals surface area contributed by atoms with E-state index in [9.17, 15) is 14.9 Å². The van der Waals surface area contributed by atoms with Crippen molar-refractivity contribution in [1.29, 1.82) is 0 Å². The van der Waals surface area contributed by atoms with Gasteiger partial charge < -0.3 is 8.83 Å². The Labute approximate surface area is 151 Å². The molecule has 0 amide bonds. The van der Waals surface area contributed by atoms with Gasteiger partial charge in [-0.25, -0.2) is 0 Å². The van der Waals surface area contributed by atoms with Crippen LogP contribution in [0.15, 0.2) is 61.8 Å². The number of nitro benzene ring substituents is 1. The molecule has 7 heteroatoms. The van der Waals surface area contributed by atoms with Crippen molar-refractivity contribution >= 4 is 33.5 Å². The molecule has 2 aromatic heterocycles. The third-order valence-corrected chi connectivity index (χ3v) is 4.09. The molecule has 0 radical (unpaired) electrons. The molecule has 0 aliphatic carbocycles. The Morgan fingerprint density at radius 1 is 1.16 bits per heavy atom. The monoisotopic (exact) mass is 401 g/mol. The maximum atomic E-state index is 12.0. The molecule has 0 aliphatic rings. The first-order valence-corrected chi connectivity index (χ1v) is 8.06. The topological polar surface area (TPSA) is 86.5 Å². The lowest BCUT2D eigenvalue weighted by Gasteiger charge is -2.00. The zero-order chi connectivity index (χ0) is 18.0. The first-order chi connectivity index (χ1) is 11.9. The fourth-order valence-electron chi connectivity index (χ4n) is 2.21. The molecule has 25 heavy (non-hydrogen) atoms. The molecular formula is C18H12BrNO5. The summed E-state index contributed by atoms with van der Waals surface area (Å²) in [5.74, 6) is 1.68. The van der Waals surface area contributed by atoms with E-state index in [0.717, 1.165) is 0 Å². The van der Waals surface area contributed by atoms with Gasteiger partial charge in [-0.05, 0) is 65.3 Å². The highest BCUT2D eigenvalue weighted by Crippen LogP contribution is 2.32. The molecule has 0 atom stereocenters. The van der Waals surface area contributed by atoms with Crippen molar-refractivity contribution in [2.75, 3.05) is 0 Å². The number of nitro groups is 1. The normalized spacial score (nSPS) is 11.1. The van der Waals surface area contributed by atoms with Gasteiger partial charge in [0.2, 0.25) is 5.78 Å². The van der Waals surface area contributed by atoms with E-state index in [-0.39, 0.29) is 17.2 Å². The summed E-state index contributed by atoms with van der Waals surface area (Å²) in [4.78, 5) is 22.3. The highest BCUT2D eigenvalue weighted by Gasteiger charge is 2.13. The summed E-state index contributed by atoms with van der Waals surface area (Å²) in [6.45, 7) is 1.77. The van der Waals surface area contributed by atoms with Crippen LogP contribution in [0.2, 0.25) is 0 Å². The molecule has 0 unspecified atom stereocenters. The first-order valence-electron chi connectivity index (χ1n) is 7.27. The zero-order valence-corrected chi connectivity index (χ0v) is 14.6. The fourth-order valence-corrected chi connectivity index (χ4v) is 2.77. The van der Waals surface area contributed by atoms with E-state index >= 15 is 0 Å². The highest BCUT2D eigenvalue weighted by atomic mass is 79.9. The summed E-state index contributed by atoms with van der Waals surface area (Å²) in [5.41, 5.74) is 0.667. The number of nitrogens with zero attached hydrogens (tertiary/aromatic N) is 1. The van der Waals surface area contributed by atoms with E-state index in [0.29, 0.717) is 27.3 Å². The molecule has 0 N–H and O–H groups in total. The predicted molar refractivity (Wildman–Crippen MR) is 95.3 cm³/mol. The van der Waals surface area contributed by atoms with Crippen LogP contribution in [-0.4, -0.2) is 10.7 Å². The molecule has 0 saturated heterocycles. The Hall–Kier alpha value is -2.93. The number of rotatable bonds is 5. The summed E-state index contributed by atoms with van der Waals surface area (Å²) in [5, 5.41) is 10.8. The van der Waals surface area contributed by atoms with Crippen molar-refractivity contribution in [2.45, 2.75) is 6.92 Å². The van der Waals surface area contributed by atoms with Crippen LogP contribution in [0.3, 0.4) is 0 Å². The Balaban J connectivity index is 1.79. The van der Waals surface area contributed by atoms with Crippen molar-refractivity contribution in [3.05, 3.63) is 80.4 Å². The van der Waals surface area contributed by atoms with Crippen LogP contribution in [0.1, 0.15) is 22.1 Å². The third-order valence-electron chi connectivity index (χ3n) is 3.44. The van der Waals surface area contributed by atoms with Gasteiger partial charge in [0.1, 0.15) is 17.3 Å². The number of furan rings is 2. The molecule has 0 fully saturated rings. The van der Waals surface area contributed by atoms with Gasteiger partial charge in [-0.1, -0.05) is 0 Å². The highest BCUT2D eigenvalue weighted by molar-refractivity contribution is 9.10. The number of non-ortho nitro benzene ring substituents is 1. The molecular weight excluding hydrogens is 390 g/mol. The molecule has 6 nitrogen and oxygen atoms in total. The Kier molecular flexibility index (Phi) is 4.67. The number of carbonyl (C=O) groups is 1. The number of ketones is 1. The van der Waals surface area contributed by atoms with Crippen LogP contribution < -0.4 is 0 Å². The summed E-state index contributed by atoms with van der Waals surface area (Å²) in [6, 6.07) is 11.2. The first kappa shape index (κ1) is 16.9. The molecule has 0 saturated carbocycles. The summed E-state index contributed by atoms with van der Waals surface area (Å²) < 4.78 is 11.5. The lowest BCUT2D eigenvalue weighted by atomic mass is 10.1. The van der Waals surface area contributed by atoms with Gasteiger partial charge in [-0.3, -0.25) is 14.9 Å². The second-order valence-corrected chi connectivity index (χ2v) is 6.09. The summed E-state index contributed by atoms with van der Waals surface area (Å²) >= 11 is 3.31. The Morgan fingerprint density at radius 3 is 2.60 bits per heavy atom. The van der Waals surface area contributed by atoms with E-state index in [4.69, 9.17) is 8.83 Å². The van der Waals surface area contributed by atoms with Crippen LogP contribution in [0.25, 0.3) is 17.4 Å². The maximum Gasteiger partial charge on any atom is 0.270 e. The van der Waals surface area contributed by atoms with Crippen molar-refractivity contribution in [3.8, 4) is 11.3 Å². The molecule has 1 aromatic carbocycles. The Morgan fingerprint density at radius 2 is 1.96 bits per heavy atom. The van der Waals surface area contributed by atoms with Gasteiger partial charge >= 0.3 is 0 Å². The van der Waals surface area contributed by atoms with Crippen molar-refractivity contribution in [3.63, 3.8) is 0 Å². The minimum Gasteiger partial charge on any atom is -0.458 e. The molecule has 0 aliphatic heterocycles. The van der Waals surface area contributed by atoms with Crippen molar-refractivity contribution in [1.82, 2.24) is 0 Å². The number of allylic oxidation sites excluding steroid dienone is 1. The zero-order valence-electron chi connectivity index (χ0n) is 13.1. The summed E-state index contributed by atoms with van der Waals surface area (Å²) in [6.07, 6.45) is 2.91. The molecule has 3 rings (SSSR count). The lowest BCUT2D eigenvalue weighted by Crippen LogP contribution is -1.90. The van der Waals surface area contributed by atoms with Crippen molar-refractivity contribution < 1.29 is 18.6 Å². The van der Waals surface area contributed by atoms with E-state index in [1.807, 2.05) is 0 Å². The minimum atomic E-state index is -0.465. The van der Waals surface area contributed by atoms with Gasteiger partial charge in [0.15, 0.2) is 5.76 Å².